The number of nitrogens with zero attached hydrogens (tertiary/aromatic N) is 1. The summed E-state index contributed by atoms with van der Waals surface area (Å²) in [6.45, 7) is 3.37. The standard InChI is InChI=1S/C14H22N2O/c15-14(13-4-2-1-3-5-13)10-16-8-6-12(11-17)7-9-16/h1-5,12,14,17H,6-11,15H2. The molecule has 0 spiro atoms. The van der Waals surface area contributed by atoms with E-state index < -0.39 is 0 Å². The van der Waals surface area contributed by atoms with Gasteiger partial charge in [0.25, 0.3) is 0 Å². The lowest BCUT2D eigenvalue weighted by Gasteiger charge is -2.32. The third-order valence-corrected chi connectivity index (χ3v) is 3.65. The summed E-state index contributed by atoms with van der Waals surface area (Å²) in [6.07, 6.45) is 2.19. The molecule has 3 N–H and O–H groups in total. The van der Waals surface area contributed by atoms with E-state index in [1.807, 2.05) is 18.2 Å². The average molecular weight is 234 g/mol. The van der Waals surface area contributed by atoms with Gasteiger partial charge in [0.1, 0.15) is 0 Å². The molecule has 1 atom stereocenters. The molecule has 1 aliphatic rings. The van der Waals surface area contributed by atoms with Gasteiger partial charge in [0.05, 0.1) is 0 Å². The smallest absolute Gasteiger partial charge is 0.0460 e. The van der Waals surface area contributed by atoms with E-state index in [9.17, 15) is 0 Å². The fourth-order valence-corrected chi connectivity index (χ4v) is 2.44. The van der Waals surface area contributed by atoms with Crippen LogP contribution in [0.4, 0.5) is 0 Å². The number of hydrogen-bond donors (Lipinski definition) is 2. The van der Waals surface area contributed by atoms with Crippen LogP contribution in [0.1, 0.15) is 24.4 Å². The van der Waals surface area contributed by atoms with Gasteiger partial charge in [-0.25, -0.2) is 0 Å². The Labute approximate surface area is 103 Å². The lowest BCUT2D eigenvalue weighted by atomic mass is 9.97. The minimum absolute atomic E-state index is 0.0990. The summed E-state index contributed by atoms with van der Waals surface area (Å²) in [4.78, 5) is 2.41. The Morgan fingerprint density at radius 1 is 1.24 bits per heavy atom. The van der Waals surface area contributed by atoms with E-state index in [0.29, 0.717) is 12.5 Å². The third kappa shape index (κ3) is 3.53. The van der Waals surface area contributed by atoms with Crippen molar-refractivity contribution in [2.75, 3.05) is 26.2 Å². The molecular weight excluding hydrogens is 212 g/mol. The van der Waals surface area contributed by atoms with Crippen LogP contribution in [0.3, 0.4) is 0 Å². The molecule has 0 aromatic heterocycles. The topological polar surface area (TPSA) is 49.5 Å². The average Bonchev–Trinajstić information content (AvgIpc) is 2.40. The van der Waals surface area contributed by atoms with Gasteiger partial charge in [0.15, 0.2) is 0 Å². The Morgan fingerprint density at radius 2 is 1.88 bits per heavy atom. The number of hydrogen-bond acceptors (Lipinski definition) is 3. The molecule has 2 rings (SSSR count). The lowest BCUT2D eigenvalue weighted by molar-refractivity contribution is 0.127. The molecule has 94 valence electrons. The van der Waals surface area contributed by atoms with E-state index >= 15 is 0 Å². The van der Waals surface area contributed by atoms with E-state index in [1.165, 1.54) is 5.56 Å². The number of nitrogens with two attached hydrogens (primary N) is 1. The number of benzene rings is 1. The van der Waals surface area contributed by atoms with Gasteiger partial charge < -0.3 is 15.7 Å². The first kappa shape index (κ1) is 12.6. The number of aliphatic hydroxyl groups excluding tert-OH is 1. The van der Waals surface area contributed by atoms with Crippen molar-refractivity contribution in [1.82, 2.24) is 4.90 Å². The van der Waals surface area contributed by atoms with Crippen LogP contribution in [-0.2, 0) is 0 Å². The number of aliphatic hydroxyl groups is 1. The predicted molar refractivity (Wildman–Crippen MR) is 69.6 cm³/mol. The molecule has 1 aliphatic heterocycles. The second-order valence-electron chi connectivity index (χ2n) is 4.94. The van der Waals surface area contributed by atoms with E-state index in [-0.39, 0.29) is 6.04 Å². The first-order valence-electron chi connectivity index (χ1n) is 6.43. The highest BCUT2D eigenvalue weighted by Crippen LogP contribution is 2.19. The van der Waals surface area contributed by atoms with E-state index in [0.717, 1.165) is 32.5 Å². The summed E-state index contributed by atoms with van der Waals surface area (Å²) in [5.41, 5.74) is 7.41. The molecule has 0 aliphatic carbocycles. The maximum Gasteiger partial charge on any atom is 0.0460 e. The van der Waals surface area contributed by atoms with Gasteiger partial charge in [0.2, 0.25) is 0 Å². The molecule has 3 heteroatoms. The van der Waals surface area contributed by atoms with Crippen molar-refractivity contribution < 1.29 is 5.11 Å². The quantitative estimate of drug-likeness (QED) is 0.827. The van der Waals surface area contributed by atoms with Crippen LogP contribution in [0, 0.1) is 5.92 Å². The maximum absolute atomic E-state index is 9.09. The minimum Gasteiger partial charge on any atom is -0.396 e. The monoisotopic (exact) mass is 234 g/mol. The van der Waals surface area contributed by atoms with Crippen LogP contribution in [0.15, 0.2) is 30.3 Å². The van der Waals surface area contributed by atoms with Crippen molar-refractivity contribution in [3.63, 3.8) is 0 Å². The highest BCUT2D eigenvalue weighted by atomic mass is 16.3. The van der Waals surface area contributed by atoms with E-state index in [4.69, 9.17) is 10.8 Å². The fourth-order valence-electron chi connectivity index (χ4n) is 2.44. The van der Waals surface area contributed by atoms with Crippen molar-refractivity contribution in [3.8, 4) is 0 Å². The van der Waals surface area contributed by atoms with Crippen molar-refractivity contribution in [3.05, 3.63) is 35.9 Å². The molecule has 17 heavy (non-hydrogen) atoms. The van der Waals surface area contributed by atoms with Gasteiger partial charge in [-0.2, -0.15) is 0 Å². The second kappa shape index (κ2) is 6.15. The third-order valence-electron chi connectivity index (χ3n) is 3.65. The number of piperidine rings is 1. The number of likely N-dealkylation sites (tertiary alicyclic amines) is 1. The molecule has 0 amide bonds. The molecule has 0 saturated carbocycles. The summed E-state index contributed by atoms with van der Waals surface area (Å²) >= 11 is 0. The first-order chi connectivity index (χ1) is 8.29. The van der Waals surface area contributed by atoms with Crippen LogP contribution in [0.2, 0.25) is 0 Å². The molecular formula is C14H22N2O. The number of rotatable bonds is 4. The SMILES string of the molecule is NC(CN1CCC(CO)CC1)c1ccccc1. The van der Waals surface area contributed by atoms with Crippen LogP contribution >= 0.6 is 0 Å². The molecule has 1 heterocycles. The Kier molecular flexibility index (Phi) is 4.54. The van der Waals surface area contributed by atoms with Gasteiger partial charge in [-0.3, -0.25) is 0 Å². The van der Waals surface area contributed by atoms with Crippen molar-refractivity contribution >= 4 is 0 Å². The van der Waals surface area contributed by atoms with E-state index in [2.05, 4.69) is 17.0 Å². The minimum atomic E-state index is 0.0990. The molecule has 1 unspecified atom stereocenters. The van der Waals surface area contributed by atoms with Gasteiger partial charge >= 0.3 is 0 Å². The van der Waals surface area contributed by atoms with Crippen LogP contribution in [0.5, 0.6) is 0 Å². The first-order valence-corrected chi connectivity index (χ1v) is 6.43. The zero-order valence-electron chi connectivity index (χ0n) is 10.3. The maximum atomic E-state index is 9.09. The summed E-state index contributed by atoms with van der Waals surface area (Å²) in [6, 6.07) is 10.4. The Hall–Kier alpha value is -0.900. The molecule has 0 radical (unpaired) electrons. The van der Waals surface area contributed by atoms with Gasteiger partial charge in [0, 0.05) is 19.2 Å². The second-order valence-corrected chi connectivity index (χ2v) is 4.94. The lowest BCUT2D eigenvalue weighted by Crippen LogP contribution is -2.39. The zero-order valence-corrected chi connectivity index (χ0v) is 10.3. The zero-order chi connectivity index (χ0) is 12.1. The summed E-state index contributed by atoms with van der Waals surface area (Å²) in [5.74, 6) is 0.499. The van der Waals surface area contributed by atoms with Gasteiger partial charge in [-0.15, -0.1) is 0 Å². The highest BCUT2D eigenvalue weighted by molar-refractivity contribution is 5.18. The van der Waals surface area contributed by atoms with Crippen LogP contribution in [-0.4, -0.2) is 36.2 Å². The highest BCUT2D eigenvalue weighted by Gasteiger charge is 2.20. The van der Waals surface area contributed by atoms with Gasteiger partial charge in [-0.1, -0.05) is 30.3 Å². The predicted octanol–water partition coefficient (Wildman–Crippen LogP) is 1.39. The molecule has 3 nitrogen and oxygen atoms in total. The molecule has 1 aromatic rings. The Bertz CT molecular complexity index is 320. The Morgan fingerprint density at radius 3 is 2.47 bits per heavy atom. The summed E-state index contributed by atoms with van der Waals surface area (Å²) in [7, 11) is 0. The molecule has 1 saturated heterocycles. The molecule has 1 aromatic carbocycles. The van der Waals surface area contributed by atoms with Gasteiger partial charge in [-0.05, 0) is 37.4 Å². The van der Waals surface area contributed by atoms with Crippen molar-refractivity contribution in [1.29, 1.82) is 0 Å². The molecule has 1 fully saturated rings. The largest absolute Gasteiger partial charge is 0.396 e. The van der Waals surface area contributed by atoms with Crippen LogP contribution in [0.25, 0.3) is 0 Å². The molecule has 0 bridgehead atoms. The summed E-state index contributed by atoms with van der Waals surface area (Å²) in [5, 5.41) is 9.09. The van der Waals surface area contributed by atoms with E-state index in [1.54, 1.807) is 0 Å². The van der Waals surface area contributed by atoms with Crippen molar-refractivity contribution in [2.45, 2.75) is 18.9 Å². The summed E-state index contributed by atoms with van der Waals surface area (Å²) < 4.78 is 0. The normalized spacial score (nSPS) is 20.4. The van der Waals surface area contributed by atoms with Crippen LogP contribution < -0.4 is 5.73 Å². The Balaban J connectivity index is 1.82. The fraction of sp³-hybridized carbons (Fsp3) is 0.571. The van der Waals surface area contributed by atoms with Crippen molar-refractivity contribution in [2.24, 2.45) is 11.7 Å².